The number of nitrogens with zero attached hydrogens (tertiary/aromatic N) is 2. The lowest BCUT2D eigenvalue weighted by Crippen LogP contribution is -2.23. The van der Waals surface area contributed by atoms with Crippen LogP contribution in [-0.4, -0.2) is 10.5 Å². The Labute approximate surface area is 159 Å². The second kappa shape index (κ2) is 8.37. The first-order valence-electron chi connectivity index (χ1n) is 9.21. The number of nitriles is 1. The first-order chi connectivity index (χ1) is 12.6. The number of hydrogen-bond donors (Lipinski definition) is 1. The molecule has 0 atom stereocenters. The van der Waals surface area contributed by atoms with E-state index in [9.17, 15) is 10.1 Å². The summed E-state index contributed by atoms with van der Waals surface area (Å²) in [6.45, 7) is 4.66. The van der Waals surface area contributed by atoms with Gasteiger partial charge in [0.2, 0.25) is 0 Å². The van der Waals surface area contributed by atoms with E-state index >= 15 is 0 Å². The molecule has 1 aliphatic carbocycles. The van der Waals surface area contributed by atoms with Crippen LogP contribution in [0.3, 0.4) is 0 Å². The average molecular weight is 368 g/mol. The van der Waals surface area contributed by atoms with Gasteiger partial charge in [-0.05, 0) is 55.8 Å². The molecule has 1 fully saturated rings. The molecule has 0 unspecified atom stereocenters. The predicted octanol–water partition coefficient (Wildman–Crippen LogP) is 4.90. The van der Waals surface area contributed by atoms with Crippen LogP contribution in [0.15, 0.2) is 29.2 Å². The summed E-state index contributed by atoms with van der Waals surface area (Å²) in [5.74, 6) is -0.316. The zero-order valence-corrected chi connectivity index (χ0v) is 16.2. The van der Waals surface area contributed by atoms with E-state index in [2.05, 4.69) is 35.9 Å². The lowest BCUT2D eigenvalue weighted by molar-refractivity contribution is -0.117. The SMILES string of the molecule is Cc1cc(/C=C(\C#N)C(=O)NCc2cccs2)c(C)n1C1CCCCC1. The Morgan fingerprint density at radius 2 is 2.15 bits per heavy atom. The van der Waals surface area contributed by atoms with Crippen molar-refractivity contribution in [2.75, 3.05) is 0 Å². The molecular formula is C21H25N3OS. The molecule has 1 amide bonds. The Bertz CT molecular complexity index is 833. The highest BCUT2D eigenvalue weighted by Gasteiger charge is 2.20. The fraction of sp³-hybridized carbons (Fsp3) is 0.429. The van der Waals surface area contributed by atoms with Crippen LogP contribution in [0.4, 0.5) is 0 Å². The molecule has 2 aromatic heterocycles. The summed E-state index contributed by atoms with van der Waals surface area (Å²) in [4.78, 5) is 13.4. The second-order valence-corrected chi connectivity index (χ2v) is 7.95. The summed E-state index contributed by atoms with van der Waals surface area (Å²) < 4.78 is 2.39. The number of amides is 1. The van der Waals surface area contributed by atoms with Gasteiger partial charge in [0.05, 0.1) is 6.54 Å². The van der Waals surface area contributed by atoms with Crippen molar-refractivity contribution in [2.24, 2.45) is 0 Å². The molecule has 0 aliphatic heterocycles. The van der Waals surface area contributed by atoms with E-state index in [0.717, 1.165) is 16.1 Å². The van der Waals surface area contributed by atoms with E-state index in [1.165, 1.54) is 37.8 Å². The first kappa shape index (κ1) is 18.5. The Morgan fingerprint density at radius 3 is 2.81 bits per heavy atom. The average Bonchev–Trinajstić information content (AvgIpc) is 3.26. The van der Waals surface area contributed by atoms with Crippen molar-refractivity contribution in [3.05, 3.63) is 51.0 Å². The first-order valence-corrected chi connectivity index (χ1v) is 10.1. The molecule has 1 saturated carbocycles. The van der Waals surface area contributed by atoms with Crippen molar-refractivity contribution in [2.45, 2.75) is 58.5 Å². The molecule has 0 spiro atoms. The van der Waals surface area contributed by atoms with Crippen molar-refractivity contribution in [1.82, 2.24) is 9.88 Å². The maximum Gasteiger partial charge on any atom is 0.262 e. The molecule has 1 aliphatic rings. The van der Waals surface area contributed by atoms with E-state index in [1.807, 2.05) is 17.5 Å². The van der Waals surface area contributed by atoms with Gasteiger partial charge in [-0.3, -0.25) is 4.79 Å². The smallest absolute Gasteiger partial charge is 0.262 e. The van der Waals surface area contributed by atoms with Crippen LogP contribution in [0, 0.1) is 25.2 Å². The summed E-state index contributed by atoms with van der Waals surface area (Å²) in [5, 5.41) is 14.3. The van der Waals surface area contributed by atoms with Crippen molar-refractivity contribution in [3.8, 4) is 6.07 Å². The van der Waals surface area contributed by atoms with Crippen LogP contribution >= 0.6 is 11.3 Å². The molecule has 2 heterocycles. The second-order valence-electron chi connectivity index (χ2n) is 6.92. The molecule has 0 aromatic carbocycles. The topological polar surface area (TPSA) is 57.8 Å². The molecule has 4 nitrogen and oxygen atoms in total. The van der Waals surface area contributed by atoms with Gasteiger partial charge in [-0.25, -0.2) is 0 Å². The van der Waals surface area contributed by atoms with E-state index in [0.29, 0.717) is 12.6 Å². The summed E-state index contributed by atoms with van der Waals surface area (Å²) in [6.07, 6.45) is 8.04. The Kier molecular flexibility index (Phi) is 5.95. The highest BCUT2D eigenvalue weighted by atomic mass is 32.1. The van der Waals surface area contributed by atoms with Gasteiger partial charge in [0, 0.05) is 22.3 Å². The summed E-state index contributed by atoms with van der Waals surface area (Å²) in [6, 6.07) is 8.62. The van der Waals surface area contributed by atoms with Gasteiger partial charge in [-0.2, -0.15) is 5.26 Å². The number of hydrogen-bond acceptors (Lipinski definition) is 3. The normalized spacial score (nSPS) is 15.7. The fourth-order valence-electron chi connectivity index (χ4n) is 3.83. The van der Waals surface area contributed by atoms with Crippen LogP contribution < -0.4 is 5.32 Å². The van der Waals surface area contributed by atoms with E-state index < -0.39 is 0 Å². The van der Waals surface area contributed by atoms with Gasteiger partial charge in [-0.1, -0.05) is 25.3 Å². The van der Waals surface area contributed by atoms with Gasteiger partial charge in [0.25, 0.3) is 5.91 Å². The molecule has 0 saturated heterocycles. The number of aromatic nitrogens is 1. The predicted molar refractivity (Wildman–Crippen MR) is 106 cm³/mol. The minimum atomic E-state index is -0.316. The molecule has 0 bridgehead atoms. The Morgan fingerprint density at radius 1 is 1.38 bits per heavy atom. The summed E-state index contributed by atoms with van der Waals surface area (Å²) >= 11 is 1.59. The Hall–Kier alpha value is -2.32. The largest absolute Gasteiger partial charge is 0.347 e. The quantitative estimate of drug-likeness (QED) is 0.604. The van der Waals surface area contributed by atoms with Gasteiger partial charge in [-0.15, -0.1) is 11.3 Å². The lowest BCUT2D eigenvalue weighted by atomic mass is 9.95. The molecular weight excluding hydrogens is 342 g/mol. The fourth-order valence-corrected chi connectivity index (χ4v) is 4.47. The number of rotatable bonds is 5. The third kappa shape index (κ3) is 4.08. The third-order valence-electron chi connectivity index (χ3n) is 5.13. The number of nitrogens with one attached hydrogen (secondary N) is 1. The molecule has 3 rings (SSSR count). The monoisotopic (exact) mass is 367 g/mol. The highest BCUT2D eigenvalue weighted by Crippen LogP contribution is 2.32. The number of carbonyl (C=O) groups is 1. The summed E-state index contributed by atoms with van der Waals surface area (Å²) in [5.41, 5.74) is 3.48. The van der Waals surface area contributed by atoms with E-state index in [4.69, 9.17) is 0 Å². The van der Waals surface area contributed by atoms with Gasteiger partial charge in [0.15, 0.2) is 0 Å². The third-order valence-corrected chi connectivity index (χ3v) is 6.01. The van der Waals surface area contributed by atoms with Gasteiger partial charge in [0.1, 0.15) is 11.6 Å². The molecule has 2 aromatic rings. The molecule has 0 radical (unpaired) electrons. The molecule has 136 valence electrons. The zero-order valence-electron chi connectivity index (χ0n) is 15.4. The standard InChI is InChI=1S/C21H25N3OS/c1-15-11-17(16(2)24(15)19-7-4-3-5-8-19)12-18(13-22)21(25)23-14-20-9-6-10-26-20/h6,9-12,19H,3-5,7-8,14H2,1-2H3,(H,23,25)/b18-12+. The van der Waals surface area contributed by atoms with Crippen LogP contribution in [-0.2, 0) is 11.3 Å². The maximum atomic E-state index is 12.4. The zero-order chi connectivity index (χ0) is 18.5. The lowest BCUT2D eigenvalue weighted by Gasteiger charge is -2.26. The van der Waals surface area contributed by atoms with Crippen molar-refractivity contribution >= 4 is 23.3 Å². The van der Waals surface area contributed by atoms with Crippen LogP contribution in [0.1, 0.15) is 60.0 Å². The molecule has 26 heavy (non-hydrogen) atoms. The van der Waals surface area contributed by atoms with Gasteiger partial charge < -0.3 is 9.88 Å². The number of thiophene rings is 1. The van der Waals surface area contributed by atoms with E-state index in [1.54, 1.807) is 17.4 Å². The Balaban J connectivity index is 1.78. The molecule has 5 heteroatoms. The number of aryl methyl sites for hydroxylation is 1. The van der Waals surface area contributed by atoms with Gasteiger partial charge >= 0.3 is 0 Å². The van der Waals surface area contributed by atoms with E-state index in [-0.39, 0.29) is 11.5 Å². The van der Waals surface area contributed by atoms with Crippen molar-refractivity contribution < 1.29 is 4.79 Å². The minimum absolute atomic E-state index is 0.158. The maximum absolute atomic E-state index is 12.4. The van der Waals surface area contributed by atoms with Crippen molar-refractivity contribution in [1.29, 1.82) is 5.26 Å². The van der Waals surface area contributed by atoms with Crippen LogP contribution in [0.5, 0.6) is 0 Å². The highest BCUT2D eigenvalue weighted by molar-refractivity contribution is 7.09. The van der Waals surface area contributed by atoms with Crippen molar-refractivity contribution in [3.63, 3.8) is 0 Å². The molecule has 1 N–H and O–H groups in total. The minimum Gasteiger partial charge on any atom is -0.347 e. The van der Waals surface area contributed by atoms with Crippen LogP contribution in [0.2, 0.25) is 0 Å². The number of carbonyl (C=O) groups excluding carboxylic acids is 1. The van der Waals surface area contributed by atoms with Crippen LogP contribution in [0.25, 0.3) is 6.08 Å². The summed E-state index contributed by atoms with van der Waals surface area (Å²) in [7, 11) is 0.